The fraction of sp³-hybridized carbons (Fsp3) is 0.167. The highest BCUT2D eigenvalue weighted by molar-refractivity contribution is 5.97. The molecule has 14 rings (SSSR count). The van der Waals surface area contributed by atoms with Crippen molar-refractivity contribution in [2.45, 2.75) is 77.0 Å². The molecule has 0 aliphatic carbocycles. The number of anilines is 6. The minimum absolute atomic E-state index is 0.176. The molecule has 0 saturated carbocycles. The summed E-state index contributed by atoms with van der Waals surface area (Å²) in [6.45, 7) is 19.3. The van der Waals surface area contributed by atoms with Gasteiger partial charge in [0.05, 0.1) is 34.1 Å². The van der Waals surface area contributed by atoms with Crippen LogP contribution in [0.1, 0.15) is 99.9 Å². The van der Waals surface area contributed by atoms with Gasteiger partial charge in [-0.2, -0.15) is 0 Å². The third kappa shape index (κ3) is 6.30. The first kappa shape index (κ1) is 44.5. The van der Waals surface area contributed by atoms with E-state index in [2.05, 4.69) is 284 Å². The van der Waals surface area contributed by atoms with Crippen LogP contribution >= 0.6 is 0 Å². The van der Waals surface area contributed by atoms with Gasteiger partial charge < -0.3 is 9.80 Å². The van der Waals surface area contributed by atoms with Crippen molar-refractivity contribution in [3.63, 3.8) is 0 Å². The van der Waals surface area contributed by atoms with E-state index in [1.807, 2.05) is 0 Å². The molecule has 0 unspecified atom stereocenters. The Morgan fingerprint density at radius 3 is 0.797 bits per heavy atom. The Morgan fingerprint density at radius 2 is 0.446 bits per heavy atom. The summed E-state index contributed by atoms with van der Waals surface area (Å²) < 4.78 is 0. The first-order valence-electron chi connectivity index (χ1n) is 26.5. The van der Waals surface area contributed by atoms with E-state index in [9.17, 15) is 0 Å². The quantitative estimate of drug-likeness (QED) is 0.170. The Balaban J connectivity index is 0.851. The summed E-state index contributed by atoms with van der Waals surface area (Å²) in [5.41, 5.74) is 30.1. The zero-order valence-electron chi connectivity index (χ0n) is 43.7. The molecule has 0 radical (unpaired) electrons. The molecule has 10 aromatic carbocycles. The van der Waals surface area contributed by atoms with Crippen molar-refractivity contribution in [2.75, 3.05) is 9.80 Å². The number of benzene rings is 10. The highest BCUT2D eigenvalue weighted by atomic mass is 15.2. The molecule has 2 heteroatoms. The fourth-order valence-electron chi connectivity index (χ4n) is 13.5. The predicted octanol–water partition coefficient (Wildman–Crippen LogP) is 19.5. The van der Waals surface area contributed by atoms with Crippen LogP contribution in [0, 0.1) is 0 Å². The lowest BCUT2D eigenvalue weighted by atomic mass is 9.65. The van der Waals surface area contributed by atoms with Crippen LogP contribution in [0.15, 0.2) is 218 Å². The van der Waals surface area contributed by atoms with Crippen molar-refractivity contribution in [3.8, 4) is 55.6 Å². The molecule has 4 heterocycles. The second-order valence-corrected chi connectivity index (χ2v) is 23.4. The number of hydrogen-bond acceptors (Lipinski definition) is 2. The lowest BCUT2D eigenvalue weighted by molar-refractivity contribution is 0.597. The molecule has 358 valence electrons. The largest absolute Gasteiger partial charge is 0.309 e. The molecule has 0 spiro atoms. The topological polar surface area (TPSA) is 6.48 Å². The van der Waals surface area contributed by atoms with Gasteiger partial charge in [0.2, 0.25) is 0 Å². The Hall–Kier alpha value is -8.20. The van der Waals surface area contributed by atoms with Gasteiger partial charge in [0.15, 0.2) is 0 Å². The number of fused-ring (bicyclic) bond motifs is 8. The van der Waals surface area contributed by atoms with Crippen LogP contribution in [0.3, 0.4) is 0 Å². The van der Waals surface area contributed by atoms with Gasteiger partial charge in [-0.05, 0) is 161 Å². The van der Waals surface area contributed by atoms with Gasteiger partial charge in [0.1, 0.15) is 0 Å². The molecular formula is C72H60N2. The Bertz CT molecular complexity index is 3720. The van der Waals surface area contributed by atoms with Gasteiger partial charge in [-0.1, -0.05) is 213 Å². The smallest absolute Gasteiger partial charge is 0.0544 e. The number of para-hydroxylation sites is 2. The van der Waals surface area contributed by atoms with Crippen molar-refractivity contribution in [1.29, 1.82) is 0 Å². The highest BCUT2D eigenvalue weighted by Crippen LogP contribution is 2.63. The van der Waals surface area contributed by atoms with E-state index in [0.717, 1.165) is 0 Å². The second kappa shape index (κ2) is 15.7. The molecule has 0 amide bonds. The van der Waals surface area contributed by atoms with Gasteiger partial charge in [0.25, 0.3) is 0 Å². The minimum atomic E-state index is -0.272. The predicted molar refractivity (Wildman–Crippen MR) is 312 cm³/mol. The molecule has 4 aliphatic heterocycles. The average molecular weight is 953 g/mol. The van der Waals surface area contributed by atoms with E-state index in [4.69, 9.17) is 0 Å². The van der Waals surface area contributed by atoms with Crippen LogP contribution in [0.4, 0.5) is 34.1 Å². The van der Waals surface area contributed by atoms with Crippen LogP contribution < -0.4 is 9.80 Å². The van der Waals surface area contributed by atoms with E-state index in [1.165, 1.54) is 134 Å². The molecular weight excluding hydrogens is 893 g/mol. The third-order valence-electron chi connectivity index (χ3n) is 17.8. The standard InChI is InChI=1S/C72H60N2/c1-69(2)55-23-15-17-25-63(55)73-64-26-18-16-24-56(64)70(3,4)60-42-53(41-59(69)67(60)73)49-31-27-47(28-32-49)48-29-33-50(34-30-48)54-43-61-68-62(44-54)72(7,8)58-40-52(46-21-13-10-14-22-46)36-38-66(58)74(68)65-37-35-51(39-57(65)71(61,5)6)45-19-11-9-12-20-45/h9-44H,1-8H3. The van der Waals surface area contributed by atoms with Gasteiger partial charge in [-0.3, -0.25) is 0 Å². The second-order valence-electron chi connectivity index (χ2n) is 23.4. The molecule has 0 atom stereocenters. The molecule has 4 aliphatic rings. The molecule has 74 heavy (non-hydrogen) atoms. The zero-order valence-corrected chi connectivity index (χ0v) is 43.7. The van der Waals surface area contributed by atoms with Crippen molar-refractivity contribution >= 4 is 34.1 Å². The molecule has 0 N–H and O–H groups in total. The summed E-state index contributed by atoms with van der Waals surface area (Å²) in [7, 11) is 0. The van der Waals surface area contributed by atoms with Crippen LogP contribution in [-0.4, -0.2) is 0 Å². The Kier molecular flexibility index (Phi) is 9.41. The van der Waals surface area contributed by atoms with E-state index in [1.54, 1.807) is 0 Å². The maximum atomic E-state index is 2.58. The summed E-state index contributed by atoms with van der Waals surface area (Å²) >= 11 is 0. The lowest BCUT2D eigenvalue weighted by Gasteiger charge is -2.50. The van der Waals surface area contributed by atoms with Crippen LogP contribution in [0.5, 0.6) is 0 Å². The molecule has 2 nitrogen and oxygen atoms in total. The number of rotatable bonds is 5. The van der Waals surface area contributed by atoms with Crippen molar-refractivity contribution in [2.24, 2.45) is 0 Å². The van der Waals surface area contributed by atoms with Crippen LogP contribution in [0.2, 0.25) is 0 Å². The molecule has 0 saturated heterocycles. The Labute approximate surface area is 437 Å². The number of nitrogens with zero attached hydrogens (tertiary/aromatic N) is 2. The van der Waals surface area contributed by atoms with Crippen molar-refractivity contribution in [1.82, 2.24) is 0 Å². The van der Waals surface area contributed by atoms with E-state index < -0.39 is 0 Å². The maximum absolute atomic E-state index is 2.58. The van der Waals surface area contributed by atoms with Gasteiger partial charge >= 0.3 is 0 Å². The van der Waals surface area contributed by atoms with Crippen LogP contribution in [-0.2, 0) is 21.7 Å². The minimum Gasteiger partial charge on any atom is -0.309 e. The van der Waals surface area contributed by atoms with Crippen molar-refractivity contribution < 1.29 is 0 Å². The SMILES string of the molecule is CC1(C)c2ccccc2N2c3ccccc3C(C)(C)c3cc(-c4ccc(-c5ccc(-c6cc7c8c(c6)C(C)(C)c6cc(-c9ccccc9)ccc6N8c6ccc(-c8ccccc8)cc6C7(C)C)cc5)cc4)cc1c32. The average Bonchev–Trinajstić information content (AvgIpc) is 3.47. The van der Waals surface area contributed by atoms with E-state index >= 15 is 0 Å². The molecule has 0 fully saturated rings. The summed E-state index contributed by atoms with van der Waals surface area (Å²) in [6.07, 6.45) is 0. The Morgan fingerprint density at radius 1 is 0.203 bits per heavy atom. The fourth-order valence-corrected chi connectivity index (χ4v) is 13.5. The monoisotopic (exact) mass is 952 g/mol. The lowest BCUT2D eigenvalue weighted by Crippen LogP contribution is -2.38. The van der Waals surface area contributed by atoms with E-state index in [0.29, 0.717) is 0 Å². The number of hydrogen-bond donors (Lipinski definition) is 0. The van der Waals surface area contributed by atoms with Gasteiger partial charge in [0, 0.05) is 21.7 Å². The van der Waals surface area contributed by atoms with Gasteiger partial charge in [-0.15, -0.1) is 0 Å². The first-order chi connectivity index (χ1) is 35.7. The zero-order chi connectivity index (χ0) is 50.5. The molecule has 10 aromatic rings. The summed E-state index contributed by atoms with van der Waals surface area (Å²) in [6, 6.07) is 82.5. The van der Waals surface area contributed by atoms with Gasteiger partial charge in [-0.25, -0.2) is 0 Å². The van der Waals surface area contributed by atoms with E-state index in [-0.39, 0.29) is 21.7 Å². The first-order valence-corrected chi connectivity index (χ1v) is 26.5. The van der Waals surface area contributed by atoms with Crippen molar-refractivity contribution in [3.05, 3.63) is 263 Å². The summed E-state index contributed by atoms with van der Waals surface area (Å²) in [5, 5.41) is 0. The maximum Gasteiger partial charge on any atom is 0.0544 e. The molecule has 0 aromatic heterocycles. The normalized spacial score (nSPS) is 16.2. The summed E-state index contributed by atoms with van der Waals surface area (Å²) in [5.74, 6) is 0. The highest BCUT2D eigenvalue weighted by Gasteiger charge is 2.48. The molecule has 0 bridgehead atoms. The third-order valence-corrected chi connectivity index (χ3v) is 17.8. The summed E-state index contributed by atoms with van der Waals surface area (Å²) in [4.78, 5) is 5.13. The van der Waals surface area contributed by atoms with Crippen LogP contribution in [0.25, 0.3) is 55.6 Å².